The summed E-state index contributed by atoms with van der Waals surface area (Å²) in [6.45, 7) is 10.0. The first-order valence-corrected chi connectivity index (χ1v) is 11.1. The molecule has 0 atom stereocenters. The average Bonchev–Trinajstić information content (AvgIpc) is 3.14. The molecule has 4 rings (SSSR count). The molecule has 162 valence electrons. The van der Waals surface area contributed by atoms with Crippen molar-refractivity contribution in [2.75, 3.05) is 32.8 Å². The van der Waals surface area contributed by atoms with Crippen LogP contribution in [0.2, 0.25) is 0 Å². The van der Waals surface area contributed by atoms with Gasteiger partial charge >= 0.3 is 0 Å². The number of nitrogens with one attached hydrogen (secondary N) is 1. The van der Waals surface area contributed by atoms with Crippen molar-refractivity contribution in [1.82, 2.24) is 25.2 Å². The van der Waals surface area contributed by atoms with Gasteiger partial charge in [0.05, 0.1) is 24.6 Å². The number of aromatic nitrogens is 3. The van der Waals surface area contributed by atoms with E-state index in [1.807, 2.05) is 26.0 Å². The molecule has 1 amide bonds. The maximum Gasteiger partial charge on any atom is 0.273 e. The van der Waals surface area contributed by atoms with Gasteiger partial charge in [0.25, 0.3) is 5.91 Å². The Kier molecular flexibility index (Phi) is 6.20. The summed E-state index contributed by atoms with van der Waals surface area (Å²) < 4.78 is 5.56. The Morgan fingerprint density at radius 3 is 2.53 bits per heavy atom. The van der Waals surface area contributed by atoms with Crippen molar-refractivity contribution >= 4 is 5.91 Å². The highest BCUT2D eigenvalue weighted by molar-refractivity contribution is 5.93. The number of benzene rings is 1. The highest BCUT2D eigenvalue weighted by Crippen LogP contribution is 2.34. The normalized spacial score (nSPS) is 19.6. The van der Waals surface area contributed by atoms with Crippen LogP contribution in [0.25, 0.3) is 5.69 Å². The second kappa shape index (κ2) is 8.86. The lowest BCUT2D eigenvalue weighted by Crippen LogP contribution is -2.59. The van der Waals surface area contributed by atoms with Crippen molar-refractivity contribution in [2.24, 2.45) is 0 Å². The molecule has 2 fully saturated rings. The summed E-state index contributed by atoms with van der Waals surface area (Å²) in [6.07, 6.45) is 5.97. The third-order valence-electron chi connectivity index (χ3n) is 6.61. The predicted octanol–water partition coefficient (Wildman–Crippen LogP) is 2.96. The predicted molar refractivity (Wildman–Crippen MR) is 116 cm³/mol. The van der Waals surface area contributed by atoms with Crippen molar-refractivity contribution in [1.29, 1.82) is 0 Å². The minimum atomic E-state index is -0.137. The molecule has 2 aliphatic rings. The first kappa shape index (κ1) is 21.0. The van der Waals surface area contributed by atoms with Gasteiger partial charge < -0.3 is 10.1 Å². The molecule has 1 saturated heterocycles. The standard InChI is InChI=1S/C23H33N5O2/c1-17-7-8-20(18(2)15-17)28-25-19(3)21(26-28)22(29)24-16-23(9-5-4-6-10-23)27-11-13-30-14-12-27/h7-8,15H,4-6,9-14,16H2,1-3H3,(H,24,29). The number of carbonyl (C=O) groups excluding carboxylic acids is 1. The zero-order chi connectivity index (χ0) is 21.1. The summed E-state index contributed by atoms with van der Waals surface area (Å²) in [5, 5.41) is 12.2. The van der Waals surface area contributed by atoms with Gasteiger partial charge in [-0.05, 0) is 45.2 Å². The van der Waals surface area contributed by atoms with Crippen molar-refractivity contribution < 1.29 is 9.53 Å². The SMILES string of the molecule is Cc1ccc(-n2nc(C)c(C(=O)NCC3(N4CCOCC4)CCCCC3)n2)c(C)c1. The Balaban J connectivity index is 1.50. The van der Waals surface area contributed by atoms with Crippen molar-refractivity contribution in [3.8, 4) is 5.69 Å². The third kappa shape index (κ3) is 4.27. The first-order valence-electron chi connectivity index (χ1n) is 11.1. The largest absolute Gasteiger partial charge is 0.379 e. The van der Waals surface area contributed by atoms with E-state index >= 15 is 0 Å². The van der Waals surface area contributed by atoms with Gasteiger partial charge in [0.1, 0.15) is 0 Å². The number of hydrogen-bond acceptors (Lipinski definition) is 5. The summed E-state index contributed by atoms with van der Waals surface area (Å²) in [5.74, 6) is -0.137. The van der Waals surface area contributed by atoms with Crippen LogP contribution in [0.4, 0.5) is 0 Å². The summed E-state index contributed by atoms with van der Waals surface area (Å²) in [6, 6.07) is 6.14. The summed E-state index contributed by atoms with van der Waals surface area (Å²) in [7, 11) is 0. The van der Waals surface area contributed by atoms with Gasteiger partial charge in [-0.15, -0.1) is 5.10 Å². The fourth-order valence-corrected chi connectivity index (χ4v) is 4.91. The van der Waals surface area contributed by atoms with E-state index in [-0.39, 0.29) is 11.4 Å². The van der Waals surface area contributed by atoms with E-state index in [2.05, 4.69) is 33.4 Å². The maximum absolute atomic E-state index is 13.0. The zero-order valence-corrected chi connectivity index (χ0v) is 18.4. The van der Waals surface area contributed by atoms with Crippen molar-refractivity contribution in [3.05, 3.63) is 40.7 Å². The number of amides is 1. The lowest BCUT2D eigenvalue weighted by atomic mass is 9.79. The molecule has 1 aromatic carbocycles. The van der Waals surface area contributed by atoms with Crippen LogP contribution in [0.1, 0.15) is 59.4 Å². The van der Waals surface area contributed by atoms with Crippen LogP contribution in [-0.4, -0.2) is 64.2 Å². The van der Waals surface area contributed by atoms with Crippen molar-refractivity contribution in [3.63, 3.8) is 0 Å². The van der Waals surface area contributed by atoms with Crippen LogP contribution >= 0.6 is 0 Å². The van der Waals surface area contributed by atoms with Crippen LogP contribution in [0.15, 0.2) is 18.2 Å². The molecule has 1 aliphatic carbocycles. The average molecular weight is 412 g/mol. The lowest BCUT2D eigenvalue weighted by Gasteiger charge is -2.48. The second-order valence-corrected chi connectivity index (χ2v) is 8.78. The number of hydrogen-bond donors (Lipinski definition) is 1. The molecule has 7 heteroatoms. The molecule has 0 spiro atoms. The monoisotopic (exact) mass is 411 g/mol. The molecule has 1 N–H and O–H groups in total. The molecular weight excluding hydrogens is 378 g/mol. The van der Waals surface area contributed by atoms with Gasteiger partial charge in [-0.2, -0.15) is 9.90 Å². The third-order valence-corrected chi connectivity index (χ3v) is 6.61. The summed E-state index contributed by atoms with van der Waals surface area (Å²) >= 11 is 0. The van der Waals surface area contributed by atoms with E-state index in [1.54, 1.807) is 4.80 Å². The number of nitrogens with zero attached hydrogens (tertiary/aromatic N) is 4. The molecular formula is C23H33N5O2. The summed E-state index contributed by atoms with van der Waals surface area (Å²) in [5.41, 5.74) is 4.28. The minimum absolute atomic E-state index is 0.0368. The van der Waals surface area contributed by atoms with Gasteiger partial charge in [0, 0.05) is 25.2 Å². The number of aryl methyl sites for hydroxylation is 3. The molecule has 7 nitrogen and oxygen atoms in total. The van der Waals surface area contributed by atoms with Gasteiger partial charge in [0.2, 0.25) is 0 Å². The Morgan fingerprint density at radius 1 is 1.10 bits per heavy atom. The van der Waals surface area contributed by atoms with E-state index in [0.717, 1.165) is 50.4 Å². The smallest absolute Gasteiger partial charge is 0.273 e. The Hall–Kier alpha value is -2.25. The van der Waals surface area contributed by atoms with E-state index in [9.17, 15) is 4.79 Å². The zero-order valence-electron chi connectivity index (χ0n) is 18.4. The Bertz CT molecular complexity index is 895. The molecule has 2 aromatic rings. The summed E-state index contributed by atoms with van der Waals surface area (Å²) in [4.78, 5) is 17.2. The highest BCUT2D eigenvalue weighted by Gasteiger charge is 2.39. The van der Waals surface area contributed by atoms with Crippen LogP contribution in [0.5, 0.6) is 0 Å². The first-order chi connectivity index (χ1) is 14.5. The van der Waals surface area contributed by atoms with Gasteiger partial charge in [0.15, 0.2) is 5.69 Å². The molecule has 0 radical (unpaired) electrons. The molecule has 1 saturated carbocycles. The minimum Gasteiger partial charge on any atom is -0.379 e. The number of morpholine rings is 1. The fraction of sp³-hybridized carbons (Fsp3) is 0.609. The number of ether oxygens (including phenoxy) is 1. The molecule has 2 heterocycles. The van der Waals surface area contributed by atoms with Crippen LogP contribution in [-0.2, 0) is 4.74 Å². The van der Waals surface area contributed by atoms with Gasteiger partial charge in [-0.3, -0.25) is 9.69 Å². The van der Waals surface area contributed by atoms with E-state index in [1.165, 1.54) is 24.8 Å². The topological polar surface area (TPSA) is 72.3 Å². The highest BCUT2D eigenvalue weighted by atomic mass is 16.5. The number of carbonyl (C=O) groups is 1. The Labute approximate surface area is 178 Å². The van der Waals surface area contributed by atoms with Crippen molar-refractivity contribution in [2.45, 2.75) is 58.4 Å². The molecule has 0 bridgehead atoms. The molecule has 1 aromatic heterocycles. The molecule has 1 aliphatic heterocycles. The maximum atomic E-state index is 13.0. The van der Waals surface area contributed by atoms with Crippen LogP contribution < -0.4 is 5.32 Å². The second-order valence-electron chi connectivity index (χ2n) is 8.78. The Morgan fingerprint density at radius 2 is 1.83 bits per heavy atom. The van der Waals surface area contributed by atoms with Crippen LogP contribution in [0.3, 0.4) is 0 Å². The number of rotatable bonds is 5. The van der Waals surface area contributed by atoms with E-state index in [4.69, 9.17) is 4.74 Å². The van der Waals surface area contributed by atoms with E-state index < -0.39 is 0 Å². The molecule has 0 unspecified atom stereocenters. The van der Waals surface area contributed by atoms with Gasteiger partial charge in [-0.25, -0.2) is 0 Å². The fourth-order valence-electron chi connectivity index (χ4n) is 4.91. The van der Waals surface area contributed by atoms with E-state index in [0.29, 0.717) is 17.9 Å². The molecule has 30 heavy (non-hydrogen) atoms. The quantitative estimate of drug-likeness (QED) is 0.819. The lowest BCUT2D eigenvalue weighted by molar-refractivity contribution is -0.0361. The van der Waals surface area contributed by atoms with Gasteiger partial charge in [-0.1, -0.05) is 37.0 Å². The van der Waals surface area contributed by atoms with Crippen LogP contribution in [0, 0.1) is 20.8 Å².